The van der Waals surface area contributed by atoms with Crippen molar-refractivity contribution in [2.24, 2.45) is 0 Å². The Bertz CT molecular complexity index is 725. The first-order chi connectivity index (χ1) is 9.62. The molecule has 2 aromatic rings. The Morgan fingerprint density at radius 3 is 2.48 bits per heavy atom. The van der Waals surface area contributed by atoms with Gasteiger partial charge in [-0.3, -0.25) is 0 Å². The maximum Gasteiger partial charge on any atom is 0.416 e. The van der Waals surface area contributed by atoms with Gasteiger partial charge in [-0.05, 0) is 30.7 Å². The Morgan fingerprint density at radius 2 is 2.00 bits per heavy atom. The van der Waals surface area contributed by atoms with Crippen molar-refractivity contribution < 1.29 is 23.1 Å². The van der Waals surface area contributed by atoms with Gasteiger partial charge in [0.1, 0.15) is 4.88 Å². The standard InChI is InChI=1S/C13H9BrF3NO2S/c1-5-9(18)11(12(19)20)21-10(5)7-4-6(13(15,16)17)2-3-8(7)14/h2-4H,18H2,1H3,(H,19,20). The van der Waals surface area contributed by atoms with Crippen LogP contribution in [0.4, 0.5) is 18.9 Å². The van der Waals surface area contributed by atoms with Gasteiger partial charge < -0.3 is 10.8 Å². The second kappa shape index (κ2) is 5.34. The molecular weight excluding hydrogens is 371 g/mol. The van der Waals surface area contributed by atoms with Crippen LogP contribution < -0.4 is 5.73 Å². The fraction of sp³-hybridized carbons (Fsp3) is 0.154. The van der Waals surface area contributed by atoms with Gasteiger partial charge in [0, 0.05) is 14.9 Å². The Kier molecular flexibility index (Phi) is 4.03. The number of carbonyl (C=O) groups is 1. The number of rotatable bonds is 2. The number of carboxylic acid groups (broad SMARTS) is 1. The summed E-state index contributed by atoms with van der Waals surface area (Å²) < 4.78 is 38.8. The summed E-state index contributed by atoms with van der Waals surface area (Å²) in [5.74, 6) is -1.20. The highest BCUT2D eigenvalue weighted by Crippen LogP contribution is 2.43. The van der Waals surface area contributed by atoms with Crippen molar-refractivity contribution >= 4 is 38.9 Å². The number of hydrogen-bond acceptors (Lipinski definition) is 3. The molecule has 2 rings (SSSR count). The molecule has 0 saturated carbocycles. The number of alkyl halides is 3. The molecule has 0 bridgehead atoms. The summed E-state index contributed by atoms with van der Waals surface area (Å²) >= 11 is 4.05. The monoisotopic (exact) mass is 379 g/mol. The van der Waals surface area contributed by atoms with Crippen LogP contribution in [0.25, 0.3) is 10.4 Å². The third kappa shape index (κ3) is 2.91. The maximum atomic E-state index is 12.8. The van der Waals surface area contributed by atoms with E-state index in [2.05, 4.69) is 15.9 Å². The zero-order valence-electron chi connectivity index (χ0n) is 10.6. The Hall–Kier alpha value is -1.54. The third-order valence-corrected chi connectivity index (χ3v) is 4.95. The number of anilines is 1. The molecule has 0 aliphatic heterocycles. The number of carboxylic acids is 1. The summed E-state index contributed by atoms with van der Waals surface area (Å²) in [7, 11) is 0. The van der Waals surface area contributed by atoms with E-state index in [1.807, 2.05) is 0 Å². The minimum Gasteiger partial charge on any atom is -0.477 e. The largest absolute Gasteiger partial charge is 0.477 e. The van der Waals surface area contributed by atoms with Crippen molar-refractivity contribution in [1.29, 1.82) is 0 Å². The van der Waals surface area contributed by atoms with Gasteiger partial charge in [-0.15, -0.1) is 11.3 Å². The molecule has 0 spiro atoms. The summed E-state index contributed by atoms with van der Waals surface area (Å²) in [6.07, 6.45) is -4.47. The number of hydrogen-bond donors (Lipinski definition) is 2. The van der Waals surface area contributed by atoms with Gasteiger partial charge in [0.05, 0.1) is 11.3 Å². The Labute approximate surface area is 130 Å². The molecule has 0 radical (unpaired) electrons. The fourth-order valence-electron chi connectivity index (χ4n) is 1.82. The van der Waals surface area contributed by atoms with Crippen LogP contribution in [0.2, 0.25) is 0 Å². The normalized spacial score (nSPS) is 11.7. The third-order valence-electron chi connectivity index (χ3n) is 2.93. The van der Waals surface area contributed by atoms with Gasteiger partial charge >= 0.3 is 12.1 Å². The van der Waals surface area contributed by atoms with E-state index in [0.29, 0.717) is 14.9 Å². The topological polar surface area (TPSA) is 63.3 Å². The van der Waals surface area contributed by atoms with E-state index in [1.54, 1.807) is 6.92 Å². The van der Waals surface area contributed by atoms with Crippen molar-refractivity contribution in [3.63, 3.8) is 0 Å². The molecule has 1 heterocycles. The summed E-state index contributed by atoms with van der Waals surface area (Å²) in [4.78, 5) is 11.4. The highest BCUT2D eigenvalue weighted by Gasteiger charge is 2.31. The van der Waals surface area contributed by atoms with Gasteiger partial charge in [0.2, 0.25) is 0 Å². The van der Waals surface area contributed by atoms with Crippen LogP contribution in [-0.2, 0) is 6.18 Å². The molecule has 0 aliphatic carbocycles. The molecule has 21 heavy (non-hydrogen) atoms. The van der Waals surface area contributed by atoms with Crippen molar-refractivity contribution in [3.05, 3.63) is 38.7 Å². The quantitative estimate of drug-likeness (QED) is 0.788. The number of benzene rings is 1. The van der Waals surface area contributed by atoms with Gasteiger partial charge in [0.25, 0.3) is 0 Å². The van der Waals surface area contributed by atoms with Crippen molar-refractivity contribution in [3.8, 4) is 10.4 Å². The maximum absolute atomic E-state index is 12.8. The molecule has 0 atom stereocenters. The van der Waals surface area contributed by atoms with E-state index in [1.165, 1.54) is 6.07 Å². The molecule has 0 fully saturated rings. The summed E-state index contributed by atoms with van der Waals surface area (Å²) in [6, 6.07) is 3.22. The molecule has 1 aromatic carbocycles. The summed E-state index contributed by atoms with van der Waals surface area (Å²) in [6.45, 7) is 1.58. The van der Waals surface area contributed by atoms with Crippen LogP contribution in [0.3, 0.4) is 0 Å². The number of thiophene rings is 1. The smallest absolute Gasteiger partial charge is 0.416 e. The fourth-order valence-corrected chi connectivity index (χ4v) is 3.49. The molecule has 0 amide bonds. The minimum atomic E-state index is -4.47. The predicted molar refractivity (Wildman–Crippen MR) is 78.6 cm³/mol. The zero-order chi connectivity index (χ0) is 15.9. The molecule has 0 unspecified atom stereocenters. The molecule has 0 saturated heterocycles. The van der Waals surface area contributed by atoms with E-state index in [-0.39, 0.29) is 16.1 Å². The lowest BCUT2D eigenvalue weighted by Crippen LogP contribution is -2.04. The van der Waals surface area contributed by atoms with Crippen LogP contribution in [0, 0.1) is 6.92 Å². The van der Waals surface area contributed by atoms with E-state index in [4.69, 9.17) is 10.8 Å². The number of aromatic carboxylic acids is 1. The van der Waals surface area contributed by atoms with Gasteiger partial charge in [-0.2, -0.15) is 13.2 Å². The first-order valence-corrected chi connectivity index (χ1v) is 7.23. The lowest BCUT2D eigenvalue weighted by molar-refractivity contribution is -0.137. The first kappa shape index (κ1) is 15.8. The van der Waals surface area contributed by atoms with E-state index in [0.717, 1.165) is 23.5 Å². The van der Waals surface area contributed by atoms with E-state index >= 15 is 0 Å². The molecule has 3 N–H and O–H groups in total. The van der Waals surface area contributed by atoms with Crippen molar-refractivity contribution in [1.82, 2.24) is 0 Å². The molecule has 3 nitrogen and oxygen atoms in total. The number of halogens is 4. The first-order valence-electron chi connectivity index (χ1n) is 5.62. The molecule has 112 valence electrons. The van der Waals surface area contributed by atoms with Crippen LogP contribution >= 0.6 is 27.3 Å². The molecule has 0 aliphatic rings. The molecular formula is C13H9BrF3NO2S. The van der Waals surface area contributed by atoms with Gasteiger partial charge in [0.15, 0.2) is 0 Å². The zero-order valence-corrected chi connectivity index (χ0v) is 13.0. The van der Waals surface area contributed by atoms with Gasteiger partial charge in [-0.1, -0.05) is 15.9 Å². The Morgan fingerprint density at radius 1 is 1.38 bits per heavy atom. The van der Waals surface area contributed by atoms with Crippen LogP contribution in [0.1, 0.15) is 20.8 Å². The number of nitrogen functional groups attached to an aromatic ring is 1. The van der Waals surface area contributed by atoms with E-state index in [9.17, 15) is 18.0 Å². The lowest BCUT2D eigenvalue weighted by atomic mass is 10.1. The second-order valence-electron chi connectivity index (χ2n) is 4.30. The van der Waals surface area contributed by atoms with Crippen LogP contribution in [0.15, 0.2) is 22.7 Å². The second-order valence-corrected chi connectivity index (χ2v) is 6.17. The predicted octanol–water partition coefficient (Wildman–Crippen LogP) is 4.79. The highest BCUT2D eigenvalue weighted by atomic mass is 79.9. The average molecular weight is 380 g/mol. The SMILES string of the molecule is Cc1c(-c2cc(C(F)(F)F)ccc2Br)sc(C(=O)O)c1N. The number of nitrogens with two attached hydrogens (primary N) is 1. The highest BCUT2D eigenvalue weighted by molar-refractivity contribution is 9.10. The van der Waals surface area contributed by atoms with Crippen LogP contribution in [0.5, 0.6) is 0 Å². The van der Waals surface area contributed by atoms with Crippen molar-refractivity contribution in [2.45, 2.75) is 13.1 Å². The average Bonchev–Trinajstić information content (AvgIpc) is 2.66. The van der Waals surface area contributed by atoms with Gasteiger partial charge in [-0.25, -0.2) is 4.79 Å². The van der Waals surface area contributed by atoms with Crippen molar-refractivity contribution in [2.75, 3.05) is 5.73 Å². The van der Waals surface area contributed by atoms with E-state index < -0.39 is 17.7 Å². The summed E-state index contributed by atoms with van der Waals surface area (Å²) in [5.41, 5.74) is 5.71. The van der Waals surface area contributed by atoms with Crippen LogP contribution in [-0.4, -0.2) is 11.1 Å². The minimum absolute atomic E-state index is 0.0758. The summed E-state index contributed by atoms with van der Waals surface area (Å²) in [5, 5.41) is 9.04. The lowest BCUT2D eigenvalue weighted by Gasteiger charge is -2.10. The molecule has 1 aromatic heterocycles. The Balaban J connectivity index is 2.67. The molecule has 8 heteroatoms.